The smallest absolute Gasteiger partial charge is 0.475 e. The molecule has 0 radical (unpaired) electrons. The summed E-state index contributed by atoms with van der Waals surface area (Å²) in [7, 11) is -1.29. The van der Waals surface area contributed by atoms with Gasteiger partial charge < -0.3 is 28.8 Å². The van der Waals surface area contributed by atoms with E-state index in [-0.39, 0.29) is 30.6 Å². The molecule has 3 fully saturated rings. The van der Waals surface area contributed by atoms with Crippen LogP contribution in [0.2, 0.25) is 0 Å². The van der Waals surface area contributed by atoms with E-state index in [1.54, 1.807) is 21.1 Å². The molecule has 0 bridgehead atoms. The monoisotopic (exact) mass is 860 g/mol. The first kappa shape index (κ1) is 42.3. The van der Waals surface area contributed by atoms with Crippen LogP contribution in [-0.2, 0) is 37.9 Å². The van der Waals surface area contributed by atoms with E-state index in [0.717, 1.165) is 21.3 Å². The summed E-state index contributed by atoms with van der Waals surface area (Å²) in [5, 5.41) is 10.9. The molecule has 322 valence electrons. The van der Waals surface area contributed by atoms with Crippen LogP contribution in [0.5, 0.6) is 11.5 Å². The molecule has 2 unspecified atom stereocenters. The molecular weight excluding hydrogens is 815 g/mol. The number of aromatic nitrogens is 4. The number of hydrogen-bond acceptors (Lipinski definition) is 14. The van der Waals surface area contributed by atoms with Gasteiger partial charge in [0.05, 0.1) is 40.1 Å². The van der Waals surface area contributed by atoms with Crippen molar-refractivity contribution in [3.63, 3.8) is 0 Å². The number of methoxy groups -OCH3 is 2. The van der Waals surface area contributed by atoms with Gasteiger partial charge in [0, 0.05) is 36.4 Å². The first-order chi connectivity index (χ1) is 29.3. The Balaban J connectivity index is 1.12. The molecule has 8 rings (SSSR count). The van der Waals surface area contributed by atoms with E-state index in [9.17, 15) is 28.8 Å². The maximum atomic E-state index is 14.3. The van der Waals surface area contributed by atoms with Crippen molar-refractivity contribution in [2.24, 2.45) is 0 Å². The molecule has 3 aromatic carbocycles. The average Bonchev–Trinajstić information content (AvgIpc) is 3.83. The average molecular weight is 861 g/mol. The summed E-state index contributed by atoms with van der Waals surface area (Å²) in [6, 6.07) is 24.4. The minimum Gasteiger partial charge on any atom is -0.497 e. The van der Waals surface area contributed by atoms with Crippen LogP contribution in [0, 0.1) is 13.8 Å². The molecule has 0 spiro atoms. The number of aliphatic hydroxyl groups is 1. The molecule has 2 aromatic heterocycles. The number of benzene rings is 3. The fraction of sp³-hybridized carbons (Fsp3) is 0.381. The minimum atomic E-state index is -4.44. The van der Waals surface area contributed by atoms with Gasteiger partial charge in [0.15, 0.2) is 0 Å². The van der Waals surface area contributed by atoms with E-state index >= 15 is 0 Å². The maximum Gasteiger partial charge on any atom is 0.475 e. The summed E-state index contributed by atoms with van der Waals surface area (Å²) in [4.78, 5) is 54.5. The van der Waals surface area contributed by atoms with Crippen LogP contribution in [0.15, 0.2) is 110 Å². The Morgan fingerprint density at radius 3 is 1.89 bits per heavy atom. The maximum absolute atomic E-state index is 14.3. The summed E-state index contributed by atoms with van der Waals surface area (Å²) >= 11 is 0. The third-order valence-corrected chi connectivity index (χ3v) is 12.7. The predicted molar refractivity (Wildman–Crippen MR) is 217 cm³/mol. The van der Waals surface area contributed by atoms with Gasteiger partial charge in [-0.3, -0.25) is 42.3 Å². The molecule has 61 heavy (non-hydrogen) atoms. The van der Waals surface area contributed by atoms with Crippen molar-refractivity contribution in [3.05, 3.63) is 161 Å². The SMILES string of the molecule is COc1ccc(C(OC[C@]23COP(=O)(OC[C@H]4O[C@@H](n5cc(C)c(=O)[nH]c5=O)C[C@@H]4O)OC2C[C@H](n2cc(C)c(=O)[nH]c2=O)O3)(c2ccccc2)c2ccc(OC)cc2)cc1. The van der Waals surface area contributed by atoms with Gasteiger partial charge in [-0.25, -0.2) is 14.2 Å². The van der Waals surface area contributed by atoms with Gasteiger partial charge >= 0.3 is 19.2 Å². The number of hydrogen-bond donors (Lipinski definition) is 3. The van der Waals surface area contributed by atoms with Crippen molar-refractivity contribution in [1.82, 2.24) is 19.1 Å². The van der Waals surface area contributed by atoms with Gasteiger partial charge in [-0.05, 0) is 54.8 Å². The number of H-pyrrole nitrogens is 2. The quantitative estimate of drug-likeness (QED) is 0.114. The summed E-state index contributed by atoms with van der Waals surface area (Å²) in [5.41, 5.74) is -2.68. The first-order valence-electron chi connectivity index (χ1n) is 19.5. The van der Waals surface area contributed by atoms with Crippen molar-refractivity contribution >= 4 is 7.82 Å². The summed E-state index contributed by atoms with van der Waals surface area (Å²) in [6.07, 6.45) is -2.65. The van der Waals surface area contributed by atoms with Gasteiger partial charge in [0.1, 0.15) is 47.4 Å². The molecule has 7 atom stereocenters. The Labute approximate surface area is 348 Å². The summed E-state index contributed by atoms with van der Waals surface area (Å²) < 4.78 is 65.4. The Morgan fingerprint density at radius 1 is 0.787 bits per heavy atom. The van der Waals surface area contributed by atoms with E-state index in [2.05, 4.69) is 9.97 Å². The predicted octanol–water partition coefficient (Wildman–Crippen LogP) is 3.58. The number of nitrogens with zero attached hydrogens (tertiary/aromatic N) is 2. The van der Waals surface area contributed by atoms with Crippen LogP contribution in [0.3, 0.4) is 0 Å². The van der Waals surface area contributed by atoms with Crippen LogP contribution in [-0.4, -0.2) is 82.2 Å². The van der Waals surface area contributed by atoms with Crippen LogP contribution in [0.1, 0.15) is 53.1 Å². The van der Waals surface area contributed by atoms with E-state index in [1.807, 2.05) is 78.9 Å². The van der Waals surface area contributed by atoms with Gasteiger partial charge in [-0.2, -0.15) is 0 Å². The van der Waals surface area contributed by atoms with Crippen molar-refractivity contribution in [3.8, 4) is 11.5 Å². The highest BCUT2D eigenvalue weighted by molar-refractivity contribution is 7.48. The van der Waals surface area contributed by atoms with E-state index in [1.165, 1.54) is 23.9 Å². The lowest BCUT2D eigenvalue weighted by atomic mass is 9.79. The lowest BCUT2D eigenvalue weighted by molar-refractivity contribution is -0.191. The molecule has 3 N–H and O–H groups in total. The highest BCUT2D eigenvalue weighted by Crippen LogP contribution is 2.60. The largest absolute Gasteiger partial charge is 0.497 e. The van der Waals surface area contributed by atoms with Crippen LogP contribution in [0.25, 0.3) is 0 Å². The zero-order valence-corrected chi connectivity index (χ0v) is 34.6. The number of phosphoric ester groups is 1. The molecule has 18 nitrogen and oxygen atoms in total. The molecule has 3 aliphatic heterocycles. The fourth-order valence-electron chi connectivity index (χ4n) is 7.95. The first-order valence-corrected chi connectivity index (χ1v) is 20.9. The van der Waals surface area contributed by atoms with Crippen molar-refractivity contribution in [2.75, 3.05) is 34.0 Å². The molecule has 0 aliphatic carbocycles. The Bertz CT molecular complexity index is 2620. The van der Waals surface area contributed by atoms with Crippen molar-refractivity contribution < 1.29 is 46.9 Å². The van der Waals surface area contributed by atoms with Crippen LogP contribution in [0.4, 0.5) is 0 Å². The Hall–Kier alpha value is -5.43. The molecule has 3 saturated heterocycles. The van der Waals surface area contributed by atoms with E-state index in [0.29, 0.717) is 11.5 Å². The lowest BCUT2D eigenvalue weighted by Gasteiger charge is -2.43. The number of phosphoric acid groups is 1. The molecule has 19 heteroatoms. The topological polar surface area (TPSA) is 221 Å². The standard InChI is InChI=1S/C42H45N4O14P/c1-25-20-45(39(50)43-37(25)48)35-18-32(47)33(58-35)22-56-61(52)57-24-41(34(60-61)19-36(59-41)46-21-26(2)38(49)44-40(46)51)23-55-42(27-8-6-5-7-9-27,28-10-14-30(53-3)15-11-28)29-12-16-31(54-4)17-13-29/h5-17,20-21,32-36,47H,18-19,22-24H2,1-4H3,(H,43,48,50)(H,44,49,51)/t32-,33+,34?,35+,36+,41-,61?/m0/s1. The fourth-order valence-corrected chi connectivity index (χ4v) is 9.44. The number of fused-ring (bicyclic) bond motifs is 1. The highest BCUT2D eigenvalue weighted by Gasteiger charge is 2.59. The lowest BCUT2D eigenvalue weighted by Crippen LogP contribution is -2.53. The van der Waals surface area contributed by atoms with Gasteiger partial charge in [-0.1, -0.05) is 54.6 Å². The second-order valence-corrected chi connectivity index (χ2v) is 16.8. The van der Waals surface area contributed by atoms with Gasteiger partial charge in [-0.15, -0.1) is 0 Å². The second-order valence-electron chi connectivity index (χ2n) is 15.2. The summed E-state index contributed by atoms with van der Waals surface area (Å²) in [6.45, 7) is 1.96. The van der Waals surface area contributed by atoms with Crippen molar-refractivity contribution in [2.45, 2.75) is 68.7 Å². The molecule has 0 amide bonds. The zero-order chi connectivity index (χ0) is 43.1. The highest BCUT2D eigenvalue weighted by atomic mass is 31.2. The normalized spacial score (nSPS) is 26.2. The Kier molecular flexibility index (Phi) is 11.6. The zero-order valence-electron chi connectivity index (χ0n) is 33.7. The number of aliphatic hydroxyl groups excluding tert-OH is 1. The van der Waals surface area contributed by atoms with Gasteiger partial charge in [0.25, 0.3) is 11.1 Å². The molecule has 5 aromatic rings. The third-order valence-electron chi connectivity index (χ3n) is 11.3. The number of rotatable bonds is 13. The number of nitrogens with one attached hydrogen (secondary N) is 2. The molecule has 3 aliphatic rings. The number of ether oxygens (including phenoxy) is 5. The van der Waals surface area contributed by atoms with Gasteiger partial charge in [0.2, 0.25) is 0 Å². The molecule has 5 heterocycles. The van der Waals surface area contributed by atoms with Crippen LogP contribution < -0.4 is 32.0 Å². The van der Waals surface area contributed by atoms with Crippen molar-refractivity contribution in [1.29, 1.82) is 0 Å². The molecular formula is C42H45N4O14P. The van der Waals surface area contributed by atoms with E-state index in [4.69, 9.17) is 37.3 Å². The molecule has 0 saturated carbocycles. The minimum absolute atomic E-state index is 0.0249. The summed E-state index contributed by atoms with van der Waals surface area (Å²) in [5.74, 6) is 1.25. The number of aromatic amines is 2. The number of aryl methyl sites for hydroxylation is 2. The van der Waals surface area contributed by atoms with E-state index < -0.39 is 85.5 Å². The third kappa shape index (κ3) is 8.09. The second kappa shape index (κ2) is 16.8. The van der Waals surface area contributed by atoms with Crippen LogP contribution >= 0.6 is 7.82 Å². The Morgan fingerprint density at radius 2 is 1.33 bits per heavy atom.